The van der Waals surface area contributed by atoms with E-state index in [0.717, 1.165) is 17.4 Å². The molecule has 0 aliphatic heterocycles. The van der Waals surface area contributed by atoms with Crippen molar-refractivity contribution in [3.8, 4) is 0 Å². The fraction of sp³-hybridized carbons (Fsp3) is 0. The fourth-order valence-electron chi connectivity index (χ4n) is 1.48. The van der Waals surface area contributed by atoms with Gasteiger partial charge in [0.25, 0.3) is 5.91 Å². The Morgan fingerprint density at radius 1 is 1.38 bits per heavy atom. The van der Waals surface area contributed by atoms with E-state index in [-0.39, 0.29) is 15.4 Å². The number of thiophene rings is 1. The van der Waals surface area contributed by atoms with Crippen LogP contribution in [0.3, 0.4) is 0 Å². The number of anilines is 1. The lowest BCUT2D eigenvalue weighted by Gasteiger charge is -2.04. The van der Waals surface area contributed by atoms with Gasteiger partial charge < -0.3 is 10.4 Å². The quantitative estimate of drug-likeness (QED) is 0.505. The highest BCUT2D eigenvalue weighted by Crippen LogP contribution is 2.28. The van der Waals surface area contributed by atoms with Crippen molar-refractivity contribution < 1.29 is 19.6 Å². The molecule has 0 unspecified atom stereocenters. The number of hydrogen-bond donors (Lipinski definition) is 2. The van der Waals surface area contributed by atoms with E-state index < -0.39 is 27.6 Å². The summed E-state index contributed by atoms with van der Waals surface area (Å²) in [6.45, 7) is 0. The Labute approximate surface area is 126 Å². The molecule has 8 nitrogen and oxygen atoms in total. The van der Waals surface area contributed by atoms with Gasteiger partial charge in [0.1, 0.15) is 10.4 Å². The van der Waals surface area contributed by atoms with Crippen LogP contribution in [0.1, 0.15) is 20.0 Å². The Morgan fingerprint density at radius 2 is 2.10 bits per heavy atom. The number of nitrogens with one attached hydrogen (secondary N) is 1. The van der Waals surface area contributed by atoms with Crippen LogP contribution in [0.25, 0.3) is 0 Å². The van der Waals surface area contributed by atoms with E-state index in [4.69, 9.17) is 16.7 Å². The van der Waals surface area contributed by atoms with Gasteiger partial charge >= 0.3 is 11.7 Å². The lowest BCUT2D eigenvalue weighted by atomic mass is 10.2. The molecular formula is C11H6ClN3O5S. The second kappa shape index (κ2) is 5.85. The Kier molecular flexibility index (Phi) is 4.15. The van der Waals surface area contributed by atoms with Gasteiger partial charge in [-0.25, -0.2) is 9.78 Å². The SMILES string of the molecule is O=C(O)c1ccc(NC(=O)c2ccnc(Cl)c2[N+](=O)[O-])s1. The summed E-state index contributed by atoms with van der Waals surface area (Å²) < 4.78 is 0. The van der Waals surface area contributed by atoms with E-state index >= 15 is 0 Å². The van der Waals surface area contributed by atoms with Gasteiger partial charge in [-0.2, -0.15) is 0 Å². The number of carbonyl (C=O) groups is 2. The van der Waals surface area contributed by atoms with Crippen molar-refractivity contribution in [2.24, 2.45) is 0 Å². The summed E-state index contributed by atoms with van der Waals surface area (Å²) in [7, 11) is 0. The van der Waals surface area contributed by atoms with E-state index in [1.807, 2.05) is 0 Å². The van der Waals surface area contributed by atoms with Crippen molar-refractivity contribution in [2.75, 3.05) is 5.32 Å². The summed E-state index contributed by atoms with van der Waals surface area (Å²) in [6.07, 6.45) is 1.17. The average Bonchev–Trinajstić information content (AvgIpc) is 2.86. The fourth-order valence-corrected chi connectivity index (χ4v) is 2.45. The molecule has 0 bridgehead atoms. The molecule has 2 aromatic rings. The average molecular weight is 328 g/mol. The number of halogens is 1. The summed E-state index contributed by atoms with van der Waals surface area (Å²) in [5, 5.41) is 21.9. The van der Waals surface area contributed by atoms with Crippen molar-refractivity contribution in [3.63, 3.8) is 0 Å². The van der Waals surface area contributed by atoms with Crippen molar-refractivity contribution in [1.29, 1.82) is 0 Å². The molecule has 0 spiro atoms. The van der Waals surface area contributed by atoms with Gasteiger partial charge in [0, 0.05) is 6.20 Å². The first-order valence-electron chi connectivity index (χ1n) is 5.33. The maximum absolute atomic E-state index is 12.0. The van der Waals surface area contributed by atoms with E-state index in [1.165, 1.54) is 18.3 Å². The monoisotopic (exact) mass is 327 g/mol. The van der Waals surface area contributed by atoms with Gasteiger partial charge in [0.05, 0.1) is 9.92 Å². The lowest BCUT2D eigenvalue weighted by molar-refractivity contribution is -0.385. The number of aromatic carboxylic acids is 1. The highest BCUT2D eigenvalue weighted by molar-refractivity contribution is 7.18. The van der Waals surface area contributed by atoms with Gasteiger partial charge in [0.2, 0.25) is 5.15 Å². The molecule has 0 saturated carbocycles. The van der Waals surface area contributed by atoms with Gasteiger partial charge in [-0.05, 0) is 18.2 Å². The third kappa shape index (κ3) is 3.15. The molecule has 2 N–H and O–H groups in total. The second-order valence-electron chi connectivity index (χ2n) is 3.68. The zero-order chi connectivity index (χ0) is 15.6. The normalized spacial score (nSPS) is 10.1. The number of hydrogen-bond acceptors (Lipinski definition) is 6. The summed E-state index contributed by atoms with van der Waals surface area (Å²) in [4.78, 5) is 36.5. The van der Waals surface area contributed by atoms with Crippen LogP contribution in [-0.2, 0) is 0 Å². The molecule has 0 aliphatic rings. The predicted octanol–water partition coefficient (Wildman–Crippen LogP) is 2.66. The third-order valence-electron chi connectivity index (χ3n) is 2.36. The summed E-state index contributed by atoms with van der Waals surface area (Å²) in [6, 6.07) is 3.86. The number of nitrogens with zero attached hydrogens (tertiary/aromatic N) is 2. The molecule has 0 fully saturated rings. The zero-order valence-electron chi connectivity index (χ0n) is 10.1. The number of nitro groups is 1. The van der Waals surface area contributed by atoms with E-state index in [1.54, 1.807) is 0 Å². The number of rotatable bonds is 4. The highest BCUT2D eigenvalue weighted by atomic mass is 35.5. The Morgan fingerprint density at radius 3 is 2.67 bits per heavy atom. The molecule has 10 heteroatoms. The minimum Gasteiger partial charge on any atom is -0.477 e. The van der Waals surface area contributed by atoms with E-state index in [9.17, 15) is 19.7 Å². The molecule has 0 aromatic carbocycles. The molecule has 0 saturated heterocycles. The van der Waals surface area contributed by atoms with Gasteiger partial charge in [0.15, 0.2) is 0 Å². The molecule has 2 aromatic heterocycles. The van der Waals surface area contributed by atoms with E-state index in [2.05, 4.69) is 10.3 Å². The zero-order valence-corrected chi connectivity index (χ0v) is 11.6. The largest absolute Gasteiger partial charge is 0.477 e. The second-order valence-corrected chi connectivity index (χ2v) is 5.12. The van der Waals surface area contributed by atoms with Crippen LogP contribution < -0.4 is 5.32 Å². The molecular weight excluding hydrogens is 322 g/mol. The minimum absolute atomic E-state index is 0.0348. The van der Waals surface area contributed by atoms with Crippen molar-refractivity contribution in [2.45, 2.75) is 0 Å². The summed E-state index contributed by atoms with van der Waals surface area (Å²) in [5.41, 5.74) is -0.864. The number of carbonyl (C=O) groups excluding carboxylic acids is 1. The molecule has 0 radical (unpaired) electrons. The van der Waals surface area contributed by atoms with Crippen molar-refractivity contribution >= 4 is 45.5 Å². The van der Waals surface area contributed by atoms with Gasteiger partial charge in [-0.15, -0.1) is 11.3 Å². The summed E-state index contributed by atoms with van der Waals surface area (Å²) in [5.74, 6) is -1.90. The first kappa shape index (κ1) is 14.9. The molecule has 21 heavy (non-hydrogen) atoms. The number of amides is 1. The van der Waals surface area contributed by atoms with Gasteiger partial charge in [-0.1, -0.05) is 11.6 Å². The molecule has 0 atom stereocenters. The van der Waals surface area contributed by atoms with Crippen molar-refractivity contribution in [1.82, 2.24) is 4.98 Å². The van der Waals surface area contributed by atoms with E-state index in [0.29, 0.717) is 0 Å². The van der Waals surface area contributed by atoms with Crippen LogP contribution in [0.5, 0.6) is 0 Å². The highest BCUT2D eigenvalue weighted by Gasteiger charge is 2.25. The molecule has 0 aliphatic carbocycles. The first-order chi connectivity index (χ1) is 9.90. The number of pyridine rings is 1. The first-order valence-corrected chi connectivity index (χ1v) is 6.53. The smallest absolute Gasteiger partial charge is 0.345 e. The number of aromatic nitrogens is 1. The minimum atomic E-state index is -1.13. The molecule has 2 heterocycles. The molecule has 2 rings (SSSR count). The van der Waals surface area contributed by atoms with Crippen LogP contribution in [0.4, 0.5) is 10.7 Å². The van der Waals surface area contributed by atoms with Crippen LogP contribution in [0.15, 0.2) is 24.4 Å². The van der Waals surface area contributed by atoms with Gasteiger partial charge in [-0.3, -0.25) is 14.9 Å². The maximum atomic E-state index is 12.0. The van der Waals surface area contributed by atoms with Crippen LogP contribution in [0, 0.1) is 10.1 Å². The molecule has 1 amide bonds. The standard InChI is InChI=1S/C11H6ClN3O5S/c12-9-8(15(19)20)5(3-4-13-9)10(16)14-7-2-1-6(21-7)11(17)18/h1-4H,(H,14,16)(H,17,18). The number of carboxylic acids is 1. The Bertz CT molecular complexity index is 745. The predicted molar refractivity (Wildman–Crippen MR) is 75.1 cm³/mol. The maximum Gasteiger partial charge on any atom is 0.345 e. The Balaban J connectivity index is 2.30. The Hall–Kier alpha value is -2.52. The van der Waals surface area contributed by atoms with Crippen molar-refractivity contribution in [3.05, 3.63) is 50.1 Å². The third-order valence-corrected chi connectivity index (χ3v) is 3.63. The van der Waals surface area contributed by atoms with Crippen LogP contribution >= 0.6 is 22.9 Å². The number of carboxylic acid groups (broad SMARTS) is 1. The molecule has 108 valence electrons. The summed E-state index contributed by atoms with van der Waals surface area (Å²) >= 11 is 6.44. The lowest BCUT2D eigenvalue weighted by Crippen LogP contribution is -2.13. The van der Waals surface area contributed by atoms with Crippen LogP contribution in [-0.4, -0.2) is 26.9 Å². The topological polar surface area (TPSA) is 122 Å². The van der Waals surface area contributed by atoms with Crippen LogP contribution in [0.2, 0.25) is 5.15 Å².